The number of benzene rings is 1. The lowest BCUT2D eigenvalue weighted by atomic mass is 10.0. The van der Waals surface area contributed by atoms with Gasteiger partial charge >= 0.3 is 0 Å². The molecule has 0 bridgehead atoms. The van der Waals surface area contributed by atoms with Crippen LogP contribution in [0.2, 0.25) is 0 Å². The summed E-state index contributed by atoms with van der Waals surface area (Å²) in [4.78, 5) is 0. The van der Waals surface area contributed by atoms with Gasteiger partial charge in [0.05, 0.1) is 22.4 Å². The van der Waals surface area contributed by atoms with E-state index in [4.69, 9.17) is 0 Å². The number of sulfonamides is 1. The Morgan fingerprint density at radius 2 is 2.10 bits per heavy atom. The fraction of sp³-hybridized carbons (Fsp3) is 0.538. The molecule has 1 fully saturated rings. The van der Waals surface area contributed by atoms with Crippen molar-refractivity contribution in [3.8, 4) is 0 Å². The quantitative estimate of drug-likeness (QED) is 0.862. The molecule has 0 aromatic heterocycles. The molecule has 21 heavy (non-hydrogen) atoms. The molecule has 2 aliphatic heterocycles. The first-order valence-electron chi connectivity index (χ1n) is 6.95. The number of anilines is 2. The second-order valence-corrected chi connectivity index (χ2v) is 9.76. The number of fused-ring (bicyclic) bond motifs is 1. The molecule has 1 aromatic rings. The highest BCUT2D eigenvalue weighted by molar-refractivity contribution is 7.97. The first-order chi connectivity index (χ1) is 9.86. The molecule has 2 aliphatic rings. The number of hydrogen-bond acceptors (Lipinski definition) is 5. The first kappa shape index (κ1) is 14.6. The van der Waals surface area contributed by atoms with Gasteiger partial charge in [-0.05, 0) is 37.0 Å². The highest BCUT2D eigenvalue weighted by Gasteiger charge is 2.37. The van der Waals surface area contributed by atoms with Crippen molar-refractivity contribution in [3.63, 3.8) is 0 Å². The van der Waals surface area contributed by atoms with Crippen molar-refractivity contribution in [1.29, 1.82) is 0 Å². The smallest absolute Gasteiger partial charge is 0.236 e. The molecular formula is C13H18N2O4S2. The van der Waals surface area contributed by atoms with Crippen LogP contribution in [-0.2, 0) is 26.3 Å². The van der Waals surface area contributed by atoms with Crippen molar-refractivity contribution in [2.75, 3.05) is 28.1 Å². The van der Waals surface area contributed by atoms with E-state index >= 15 is 0 Å². The van der Waals surface area contributed by atoms with Gasteiger partial charge in [0.1, 0.15) is 0 Å². The fourth-order valence-electron chi connectivity index (χ4n) is 2.78. The van der Waals surface area contributed by atoms with E-state index in [1.165, 1.54) is 5.56 Å². The topological polar surface area (TPSA) is 92.3 Å². The molecule has 8 heteroatoms. The number of sulfone groups is 1. The summed E-state index contributed by atoms with van der Waals surface area (Å²) in [6, 6.07) is 5.41. The van der Waals surface area contributed by atoms with Crippen molar-refractivity contribution in [2.24, 2.45) is 0 Å². The highest BCUT2D eigenvalue weighted by Crippen LogP contribution is 2.27. The largest absolute Gasteiger partial charge is 0.385 e. The van der Waals surface area contributed by atoms with E-state index in [-0.39, 0.29) is 17.9 Å². The van der Waals surface area contributed by atoms with Gasteiger partial charge in [-0.25, -0.2) is 16.8 Å². The summed E-state index contributed by atoms with van der Waals surface area (Å²) in [7, 11) is -6.88. The van der Waals surface area contributed by atoms with Crippen molar-refractivity contribution in [3.05, 3.63) is 23.8 Å². The zero-order valence-electron chi connectivity index (χ0n) is 11.5. The Kier molecular flexibility index (Phi) is 3.61. The summed E-state index contributed by atoms with van der Waals surface area (Å²) in [6.45, 7) is 0.879. The molecule has 2 heterocycles. The Balaban J connectivity index is 1.80. The minimum Gasteiger partial charge on any atom is -0.385 e. The van der Waals surface area contributed by atoms with Crippen LogP contribution >= 0.6 is 0 Å². The molecule has 1 atom stereocenters. The number of hydrogen-bond donors (Lipinski definition) is 2. The Labute approximate surface area is 124 Å². The van der Waals surface area contributed by atoms with Crippen molar-refractivity contribution < 1.29 is 16.8 Å². The molecule has 0 radical (unpaired) electrons. The van der Waals surface area contributed by atoms with Crippen LogP contribution in [-0.4, -0.2) is 40.1 Å². The average molecular weight is 330 g/mol. The Morgan fingerprint density at radius 3 is 2.81 bits per heavy atom. The maximum Gasteiger partial charge on any atom is 0.236 e. The molecule has 0 aliphatic carbocycles. The third-order valence-electron chi connectivity index (χ3n) is 3.94. The van der Waals surface area contributed by atoms with Gasteiger partial charge < -0.3 is 5.32 Å². The molecule has 3 rings (SSSR count). The predicted octanol–water partition coefficient (Wildman–Crippen LogP) is 0.973. The van der Waals surface area contributed by atoms with E-state index in [0.29, 0.717) is 5.69 Å². The second-order valence-electron chi connectivity index (χ2n) is 5.57. The second kappa shape index (κ2) is 5.17. The highest BCUT2D eigenvalue weighted by atomic mass is 32.2. The molecule has 0 amide bonds. The fourth-order valence-corrected chi connectivity index (χ4v) is 6.86. The van der Waals surface area contributed by atoms with Crippen LogP contribution in [0.15, 0.2) is 18.2 Å². The van der Waals surface area contributed by atoms with Gasteiger partial charge in [0.15, 0.2) is 9.84 Å². The van der Waals surface area contributed by atoms with Gasteiger partial charge in [0.25, 0.3) is 0 Å². The summed E-state index contributed by atoms with van der Waals surface area (Å²) in [5.41, 5.74) is 2.60. The van der Waals surface area contributed by atoms with Gasteiger partial charge in [0, 0.05) is 12.2 Å². The van der Waals surface area contributed by atoms with Gasteiger partial charge in [-0.1, -0.05) is 6.07 Å². The lowest BCUT2D eigenvalue weighted by Gasteiger charge is -2.19. The van der Waals surface area contributed by atoms with Crippen LogP contribution < -0.4 is 10.0 Å². The lowest BCUT2D eigenvalue weighted by molar-refractivity contribution is 0.587. The molecule has 116 valence electrons. The molecule has 1 unspecified atom stereocenters. The van der Waals surface area contributed by atoms with Gasteiger partial charge in [-0.15, -0.1) is 0 Å². The minimum atomic E-state index is -3.67. The molecule has 0 spiro atoms. The molecule has 6 nitrogen and oxygen atoms in total. The molecule has 1 aromatic carbocycles. The van der Waals surface area contributed by atoms with E-state index in [1.807, 2.05) is 6.07 Å². The third kappa shape index (κ3) is 3.16. The monoisotopic (exact) mass is 330 g/mol. The van der Waals surface area contributed by atoms with Crippen molar-refractivity contribution in [1.82, 2.24) is 0 Å². The number of nitrogens with one attached hydrogen (secondary N) is 2. The summed E-state index contributed by atoms with van der Waals surface area (Å²) in [5.74, 6) is -0.337. The maximum absolute atomic E-state index is 12.3. The Bertz CT molecular complexity index is 756. The predicted molar refractivity (Wildman–Crippen MR) is 82.9 cm³/mol. The van der Waals surface area contributed by atoms with Crippen LogP contribution in [0.5, 0.6) is 0 Å². The van der Waals surface area contributed by atoms with E-state index in [9.17, 15) is 16.8 Å². The van der Waals surface area contributed by atoms with Crippen molar-refractivity contribution in [2.45, 2.75) is 24.5 Å². The Morgan fingerprint density at radius 1 is 1.29 bits per heavy atom. The zero-order chi connectivity index (χ0) is 15.1. The zero-order valence-corrected chi connectivity index (χ0v) is 13.1. The van der Waals surface area contributed by atoms with Crippen LogP contribution in [0.3, 0.4) is 0 Å². The summed E-state index contributed by atoms with van der Waals surface area (Å²) >= 11 is 0. The third-order valence-corrected chi connectivity index (χ3v) is 7.72. The SMILES string of the molecule is O=S1(=O)CCC(S(=O)(=O)Nc2ccc3c(c2)NCCC3)C1. The summed E-state index contributed by atoms with van der Waals surface area (Å²) in [5, 5.41) is 2.39. The Hall–Kier alpha value is -1.28. The lowest BCUT2D eigenvalue weighted by Crippen LogP contribution is -2.29. The molecular weight excluding hydrogens is 312 g/mol. The average Bonchev–Trinajstić information content (AvgIpc) is 2.79. The normalized spacial score (nSPS) is 24.1. The van der Waals surface area contributed by atoms with E-state index in [2.05, 4.69) is 10.0 Å². The van der Waals surface area contributed by atoms with Gasteiger partial charge in [-0.2, -0.15) is 0 Å². The first-order valence-corrected chi connectivity index (χ1v) is 10.3. The standard InChI is InChI=1S/C13H18N2O4S2/c16-20(17)7-5-12(9-20)21(18,19)15-11-4-3-10-2-1-6-14-13(10)8-11/h3-4,8,12,14-15H,1-2,5-7,9H2. The number of aryl methyl sites for hydroxylation is 1. The minimum absolute atomic E-state index is 0.0513. The van der Waals surface area contributed by atoms with Crippen molar-refractivity contribution >= 4 is 31.2 Å². The van der Waals surface area contributed by atoms with Crippen LogP contribution in [0.4, 0.5) is 11.4 Å². The number of rotatable bonds is 3. The summed E-state index contributed by atoms with van der Waals surface area (Å²) < 4.78 is 49.9. The van der Waals surface area contributed by atoms with Gasteiger partial charge in [-0.3, -0.25) is 4.72 Å². The maximum atomic E-state index is 12.3. The van der Waals surface area contributed by atoms with E-state index in [1.54, 1.807) is 12.1 Å². The van der Waals surface area contributed by atoms with E-state index < -0.39 is 25.1 Å². The van der Waals surface area contributed by atoms with Crippen LogP contribution in [0, 0.1) is 0 Å². The molecule has 1 saturated heterocycles. The van der Waals surface area contributed by atoms with E-state index in [0.717, 1.165) is 25.1 Å². The summed E-state index contributed by atoms with van der Waals surface area (Å²) in [6.07, 6.45) is 2.22. The van der Waals surface area contributed by atoms with Crippen LogP contribution in [0.1, 0.15) is 18.4 Å². The molecule has 2 N–H and O–H groups in total. The van der Waals surface area contributed by atoms with Gasteiger partial charge in [0.2, 0.25) is 10.0 Å². The van der Waals surface area contributed by atoms with Crippen LogP contribution in [0.25, 0.3) is 0 Å². The molecule has 0 saturated carbocycles.